The van der Waals surface area contributed by atoms with Crippen LogP contribution >= 0.6 is 11.6 Å². The summed E-state index contributed by atoms with van der Waals surface area (Å²) in [5.74, 6) is 1.18. The maximum Gasteiger partial charge on any atom is 0.257 e. The third-order valence-corrected chi connectivity index (χ3v) is 3.99. The van der Waals surface area contributed by atoms with Crippen molar-refractivity contribution in [1.82, 2.24) is 4.90 Å². The zero-order chi connectivity index (χ0) is 14.5. The smallest absolute Gasteiger partial charge is 0.257 e. The fraction of sp³-hybridized carbons (Fsp3) is 0.533. The van der Waals surface area contributed by atoms with Crippen LogP contribution in [0.4, 0.5) is 0 Å². The highest BCUT2D eigenvalue weighted by atomic mass is 35.5. The predicted molar refractivity (Wildman–Crippen MR) is 78.6 cm³/mol. The second-order valence-corrected chi connectivity index (χ2v) is 5.47. The van der Waals surface area contributed by atoms with Gasteiger partial charge in [-0.25, -0.2) is 0 Å². The normalized spacial score (nSPS) is 18.9. The molecule has 1 unspecified atom stereocenters. The molecule has 110 valence electrons. The summed E-state index contributed by atoms with van der Waals surface area (Å²) in [6.07, 6.45) is 3.02. The zero-order valence-corrected chi connectivity index (χ0v) is 12.4. The van der Waals surface area contributed by atoms with E-state index in [2.05, 4.69) is 0 Å². The first-order chi connectivity index (χ1) is 9.67. The van der Waals surface area contributed by atoms with E-state index in [0.717, 1.165) is 25.8 Å². The average molecular weight is 298 g/mol. The summed E-state index contributed by atoms with van der Waals surface area (Å²) in [7, 11) is 1.47. The van der Waals surface area contributed by atoms with Gasteiger partial charge in [-0.2, -0.15) is 0 Å². The summed E-state index contributed by atoms with van der Waals surface area (Å²) in [6, 6.07) is 4.98. The van der Waals surface area contributed by atoms with Crippen molar-refractivity contribution in [2.75, 3.05) is 26.1 Å². The zero-order valence-electron chi connectivity index (χ0n) is 11.6. The number of alkyl halides is 1. The van der Waals surface area contributed by atoms with E-state index in [9.17, 15) is 9.90 Å². The molecule has 0 bridgehead atoms. The van der Waals surface area contributed by atoms with Gasteiger partial charge in [-0.3, -0.25) is 4.79 Å². The standard InChI is InChI=1S/C15H20ClNO3/c1-20-13-6-2-5-12(14(13)18)15(19)17-9-3-4-11(10-17)7-8-16/h2,5-6,11,18H,3-4,7-10H2,1H3. The Kier molecular flexibility index (Phi) is 5.12. The molecule has 0 radical (unpaired) electrons. The number of hydrogen-bond acceptors (Lipinski definition) is 3. The number of piperidine rings is 1. The summed E-state index contributed by atoms with van der Waals surface area (Å²) >= 11 is 5.78. The Morgan fingerprint density at radius 2 is 2.35 bits per heavy atom. The number of ether oxygens (including phenoxy) is 1. The van der Waals surface area contributed by atoms with E-state index in [1.54, 1.807) is 23.1 Å². The molecular formula is C15H20ClNO3. The fourth-order valence-electron chi connectivity index (χ4n) is 2.67. The first-order valence-electron chi connectivity index (χ1n) is 6.88. The number of carbonyl (C=O) groups excluding carboxylic acids is 1. The Morgan fingerprint density at radius 1 is 1.55 bits per heavy atom. The number of phenols is 1. The van der Waals surface area contributed by atoms with Crippen LogP contribution in [0.15, 0.2) is 18.2 Å². The van der Waals surface area contributed by atoms with Gasteiger partial charge in [0, 0.05) is 19.0 Å². The maximum absolute atomic E-state index is 12.5. The number of likely N-dealkylation sites (tertiary alicyclic amines) is 1. The van der Waals surface area contributed by atoms with Crippen molar-refractivity contribution in [2.24, 2.45) is 5.92 Å². The van der Waals surface area contributed by atoms with Crippen LogP contribution in [0, 0.1) is 5.92 Å². The second-order valence-electron chi connectivity index (χ2n) is 5.09. The molecule has 4 nitrogen and oxygen atoms in total. The topological polar surface area (TPSA) is 49.8 Å². The minimum atomic E-state index is -0.138. The second kappa shape index (κ2) is 6.84. The Balaban J connectivity index is 2.14. The Labute approximate surface area is 124 Å². The van der Waals surface area contributed by atoms with Gasteiger partial charge >= 0.3 is 0 Å². The summed E-state index contributed by atoms with van der Waals surface area (Å²) in [4.78, 5) is 14.3. The number of rotatable bonds is 4. The minimum absolute atomic E-state index is 0.0838. The van der Waals surface area contributed by atoms with Gasteiger partial charge < -0.3 is 14.7 Å². The third-order valence-electron chi connectivity index (χ3n) is 3.77. The Hall–Kier alpha value is -1.42. The third kappa shape index (κ3) is 3.18. The number of amides is 1. The lowest BCUT2D eigenvalue weighted by Crippen LogP contribution is -2.40. The molecule has 0 saturated carbocycles. The van der Waals surface area contributed by atoms with E-state index in [4.69, 9.17) is 16.3 Å². The minimum Gasteiger partial charge on any atom is -0.504 e. The lowest BCUT2D eigenvalue weighted by atomic mass is 9.95. The van der Waals surface area contributed by atoms with E-state index in [1.165, 1.54) is 7.11 Å². The number of benzene rings is 1. The molecule has 1 atom stereocenters. The van der Waals surface area contributed by atoms with E-state index < -0.39 is 0 Å². The molecule has 1 amide bonds. The van der Waals surface area contributed by atoms with Crippen LogP contribution in [0.1, 0.15) is 29.6 Å². The van der Waals surface area contributed by atoms with Crippen LogP contribution in [0.25, 0.3) is 0 Å². The van der Waals surface area contributed by atoms with Crippen LogP contribution in [-0.2, 0) is 0 Å². The summed E-state index contributed by atoms with van der Waals surface area (Å²) in [5.41, 5.74) is 0.302. The van der Waals surface area contributed by atoms with Crippen LogP contribution in [-0.4, -0.2) is 42.0 Å². The van der Waals surface area contributed by atoms with Gasteiger partial charge in [0.2, 0.25) is 0 Å². The summed E-state index contributed by atoms with van der Waals surface area (Å²) < 4.78 is 5.04. The molecule has 1 saturated heterocycles. The van der Waals surface area contributed by atoms with Gasteiger partial charge in [-0.05, 0) is 37.3 Å². The highest BCUT2D eigenvalue weighted by Crippen LogP contribution is 2.31. The largest absolute Gasteiger partial charge is 0.504 e. The quantitative estimate of drug-likeness (QED) is 0.869. The molecule has 5 heteroatoms. The Morgan fingerprint density at radius 3 is 3.05 bits per heavy atom. The van der Waals surface area contributed by atoms with Crippen LogP contribution in [0.2, 0.25) is 0 Å². The summed E-state index contributed by atoms with van der Waals surface area (Å²) in [5, 5.41) is 10.1. The van der Waals surface area contributed by atoms with Gasteiger partial charge in [-0.1, -0.05) is 6.07 Å². The van der Waals surface area contributed by atoms with Crippen molar-refractivity contribution in [3.63, 3.8) is 0 Å². The molecule has 1 aliphatic rings. The number of para-hydroxylation sites is 1. The Bertz CT molecular complexity index is 476. The number of carbonyl (C=O) groups is 1. The first kappa shape index (κ1) is 15.0. The van der Waals surface area contributed by atoms with E-state index in [-0.39, 0.29) is 11.7 Å². The fourth-order valence-corrected chi connectivity index (χ4v) is 2.98. The van der Waals surface area contributed by atoms with Crippen molar-refractivity contribution in [3.05, 3.63) is 23.8 Å². The maximum atomic E-state index is 12.5. The van der Waals surface area contributed by atoms with Crippen molar-refractivity contribution < 1.29 is 14.6 Å². The van der Waals surface area contributed by atoms with Crippen molar-refractivity contribution >= 4 is 17.5 Å². The molecule has 2 rings (SSSR count). The van der Waals surface area contributed by atoms with Gasteiger partial charge in [0.1, 0.15) is 0 Å². The van der Waals surface area contributed by atoms with Gasteiger partial charge in [-0.15, -0.1) is 11.6 Å². The predicted octanol–water partition coefficient (Wildman–Crippen LogP) is 2.88. The first-order valence-corrected chi connectivity index (χ1v) is 7.42. The molecule has 0 aromatic heterocycles. The molecule has 20 heavy (non-hydrogen) atoms. The number of phenolic OH excluding ortho intramolecular Hbond substituents is 1. The molecule has 1 aliphatic heterocycles. The van der Waals surface area contributed by atoms with Crippen molar-refractivity contribution in [2.45, 2.75) is 19.3 Å². The molecule has 1 aromatic rings. The van der Waals surface area contributed by atoms with Crippen LogP contribution in [0.5, 0.6) is 11.5 Å². The monoisotopic (exact) mass is 297 g/mol. The van der Waals surface area contributed by atoms with E-state index in [1.807, 2.05) is 0 Å². The van der Waals surface area contributed by atoms with Crippen LogP contribution < -0.4 is 4.74 Å². The number of hydrogen-bond donors (Lipinski definition) is 1. The number of halogens is 1. The lowest BCUT2D eigenvalue weighted by Gasteiger charge is -2.32. The van der Waals surface area contributed by atoms with Gasteiger partial charge in [0.15, 0.2) is 11.5 Å². The van der Waals surface area contributed by atoms with Crippen molar-refractivity contribution in [1.29, 1.82) is 0 Å². The molecule has 0 aliphatic carbocycles. The van der Waals surface area contributed by atoms with Crippen molar-refractivity contribution in [3.8, 4) is 11.5 Å². The molecule has 1 fully saturated rings. The molecule has 1 aromatic carbocycles. The number of nitrogens with zero attached hydrogens (tertiary/aromatic N) is 1. The lowest BCUT2D eigenvalue weighted by molar-refractivity contribution is 0.0668. The highest BCUT2D eigenvalue weighted by Gasteiger charge is 2.26. The molecule has 1 heterocycles. The van der Waals surface area contributed by atoms with E-state index >= 15 is 0 Å². The SMILES string of the molecule is COc1cccc(C(=O)N2CCCC(CCCl)C2)c1O. The van der Waals surface area contributed by atoms with E-state index in [0.29, 0.717) is 29.7 Å². The van der Waals surface area contributed by atoms with Crippen LogP contribution in [0.3, 0.4) is 0 Å². The van der Waals surface area contributed by atoms with Gasteiger partial charge in [0.25, 0.3) is 5.91 Å². The molecule has 1 N–H and O–H groups in total. The average Bonchev–Trinajstić information content (AvgIpc) is 2.47. The number of methoxy groups -OCH3 is 1. The molecule has 0 spiro atoms. The molecular weight excluding hydrogens is 278 g/mol. The number of aromatic hydroxyl groups is 1. The van der Waals surface area contributed by atoms with Gasteiger partial charge in [0.05, 0.1) is 12.7 Å². The highest BCUT2D eigenvalue weighted by molar-refractivity contribution is 6.17. The summed E-state index contributed by atoms with van der Waals surface area (Å²) in [6.45, 7) is 1.44.